The van der Waals surface area contributed by atoms with Gasteiger partial charge in [-0.15, -0.1) is 0 Å². The van der Waals surface area contributed by atoms with Gasteiger partial charge in [0, 0.05) is 12.0 Å². The van der Waals surface area contributed by atoms with Gasteiger partial charge in [-0.3, -0.25) is 0 Å². The molecule has 0 heteroatoms. The molecule has 1 aromatic carbocycles. The molecule has 0 atom stereocenters. The lowest BCUT2D eigenvalue weighted by atomic mass is 10.1. The molecule has 0 saturated heterocycles. The topological polar surface area (TPSA) is 0 Å². The van der Waals surface area contributed by atoms with E-state index in [2.05, 4.69) is 25.3 Å². The van der Waals surface area contributed by atoms with Crippen molar-refractivity contribution >= 4 is 5.57 Å². The summed E-state index contributed by atoms with van der Waals surface area (Å²) in [4.78, 5) is 0. The van der Waals surface area contributed by atoms with Gasteiger partial charge in [0.1, 0.15) is 0 Å². The molecule has 0 nitrogen and oxygen atoms in total. The maximum Gasteiger partial charge on any atom is 0.0245 e. The number of unbranched alkanes of at least 4 members (excludes halogenated alkanes) is 3. The maximum atomic E-state index is 3.97. The Morgan fingerprint density at radius 3 is 2.60 bits per heavy atom. The van der Waals surface area contributed by atoms with Crippen molar-refractivity contribution in [2.45, 2.75) is 32.6 Å². The highest BCUT2D eigenvalue weighted by atomic mass is 13.9. The first kappa shape index (κ1) is 11.6. The maximum absolute atomic E-state index is 3.97. The number of rotatable bonds is 4. The predicted molar refractivity (Wildman–Crippen MR) is 67.4 cm³/mol. The monoisotopic (exact) mass is 198 g/mol. The van der Waals surface area contributed by atoms with Crippen molar-refractivity contribution < 1.29 is 0 Å². The van der Waals surface area contributed by atoms with Crippen LogP contribution in [0.5, 0.6) is 0 Å². The number of benzene rings is 1. The molecule has 1 aromatic rings. The van der Waals surface area contributed by atoms with Gasteiger partial charge in [-0.05, 0) is 12.0 Å². The Hall–Kier alpha value is -1.48. The molecule has 0 aliphatic heterocycles. The molecule has 0 N–H and O–H groups in total. The lowest BCUT2D eigenvalue weighted by Gasteiger charge is -1.95. The second-order valence-electron chi connectivity index (χ2n) is 3.60. The first-order valence-corrected chi connectivity index (χ1v) is 5.57. The molecule has 0 spiro atoms. The Labute approximate surface area is 93.0 Å². The van der Waals surface area contributed by atoms with Crippen LogP contribution in [0.1, 0.15) is 38.2 Å². The summed E-state index contributed by atoms with van der Waals surface area (Å²) >= 11 is 0. The molecule has 0 amide bonds. The molecule has 15 heavy (non-hydrogen) atoms. The zero-order valence-corrected chi connectivity index (χ0v) is 9.42. The van der Waals surface area contributed by atoms with Gasteiger partial charge < -0.3 is 0 Å². The van der Waals surface area contributed by atoms with Crippen LogP contribution in [0.2, 0.25) is 0 Å². The summed E-state index contributed by atoms with van der Waals surface area (Å²) in [6.07, 6.45) is 4.71. The quantitative estimate of drug-likeness (QED) is 0.500. The van der Waals surface area contributed by atoms with E-state index in [1.165, 1.54) is 19.3 Å². The normalized spacial score (nSPS) is 9.13. The molecule has 0 radical (unpaired) electrons. The third-order valence-electron chi connectivity index (χ3n) is 2.27. The summed E-state index contributed by atoms with van der Waals surface area (Å²) in [7, 11) is 0. The summed E-state index contributed by atoms with van der Waals surface area (Å²) in [5.41, 5.74) is 2.05. The molecule has 0 aromatic heterocycles. The fourth-order valence-electron chi connectivity index (χ4n) is 1.34. The Bertz CT molecular complexity index is 349. The highest BCUT2D eigenvalue weighted by molar-refractivity contribution is 5.76. The minimum Gasteiger partial charge on any atom is -0.0979 e. The molecule has 1 rings (SSSR count). The summed E-state index contributed by atoms with van der Waals surface area (Å²) in [6.45, 7) is 6.17. The highest BCUT2D eigenvalue weighted by Crippen LogP contribution is 2.09. The van der Waals surface area contributed by atoms with E-state index in [1.807, 2.05) is 30.3 Å². The summed E-state index contributed by atoms with van der Waals surface area (Å²) in [6, 6.07) is 10.1. The zero-order chi connectivity index (χ0) is 10.9. The van der Waals surface area contributed by atoms with Gasteiger partial charge in [-0.1, -0.05) is 68.5 Å². The van der Waals surface area contributed by atoms with Crippen molar-refractivity contribution in [2.75, 3.05) is 0 Å². The minimum absolute atomic E-state index is 0.923. The first-order valence-electron chi connectivity index (χ1n) is 5.57. The second-order valence-corrected chi connectivity index (χ2v) is 3.60. The van der Waals surface area contributed by atoms with Gasteiger partial charge >= 0.3 is 0 Å². The standard InChI is InChI=1S/C15H18/c1-3-4-5-6-8-11-14(2)15-12-9-7-10-13-15/h7,9-10,12-13H,2-6H2,1H3. The zero-order valence-electron chi connectivity index (χ0n) is 9.42. The van der Waals surface area contributed by atoms with E-state index in [0.29, 0.717) is 0 Å². The summed E-state index contributed by atoms with van der Waals surface area (Å²) in [5.74, 6) is 6.28. The van der Waals surface area contributed by atoms with Gasteiger partial charge in [-0.2, -0.15) is 0 Å². The second kappa shape index (κ2) is 6.90. The Kier molecular flexibility index (Phi) is 5.33. The van der Waals surface area contributed by atoms with E-state index in [0.717, 1.165) is 17.6 Å². The van der Waals surface area contributed by atoms with Crippen LogP contribution in [0.25, 0.3) is 5.57 Å². The minimum atomic E-state index is 0.923. The van der Waals surface area contributed by atoms with Gasteiger partial charge in [0.25, 0.3) is 0 Å². The van der Waals surface area contributed by atoms with Crippen LogP contribution >= 0.6 is 0 Å². The largest absolute Gasteiger partial charge is 0.0979 e. The molecule has 0 unspecified atom stereocenters. The van der Waals surface area contributed by atoms with Crippen LogP contribution < -0.4 is 0 Å². The van der Waals surface area contributed by atoms with Crippen molar-refractivity contribution in [3.8, 4) is 11.8 Å². The molecule has 0 fully saturated rings. The predicted octanol–water partition coefficient (Wildman–Crippen LogP) is 4.28. The smallest absolute Gasteiger partial charge is 0.0245 e. The average Bonchev–Trinajstić information content (AvgIpc) is 2.30. The molecular formula is C15H18. The Balaban J connectivity index is 2.42. The van der Waals surface area contributed by atoms with Crippen LogP contribution in [0, 0.1) is 11.8 Å². The van der Waals surface area contributed by atoms with Crippen molar-refractivity contribution in [3.05, 3.63) is 42.5 Å². The van der Waals surface area contributed by atoms with Gasteiger partial charge in [0.15, 0.2) is 0 Å². The SMILES string of the molecule is C=C(C#CCCCCC)c1ccccc1. The Morgan fingerprint density at radius 1 is 1.20 bits per heavy atom. The third kappa shape index (κ3) is 4.51. The van der Waals surface area contributed by atoms with E-state index in [1.54, 1.807) is 0 Å². The fourth-order valence-corrected chi connectivity index (χ4v) is 1.34. The lowest BCUT2D eigenvalue weighted by molar-refractivity contribution is 0.737. The van der Waals surface area contributed by atoms with Crippen LogP contribution in [0.4, 0.5) is 0 Å². The molecule has 0 aliphatic rings. The molecule has 0 heterocycles. The first-order chi connectivity index (χ1) is 7.34. The highest BCUT2D eigenvalue weighted by Gasteiger charge is 1.91. The molecular weight excluding hydrogens is 180 g/mol. The van der Waals surface area contributed by atoms with Gasteiger partial charge in [0.05, 0.1) is 0 Å². The van der Waals surface area contributed by atoms with Gasteiger partial charge in [0.2, 0.25) is 0 Å². The molecule has 0 saturated carbocycles. The lowest BCUT2D eigenvalue weighted by Crippen LogP contribution is -1.78. The van der Waals surface area contributed by atoms with Crippen LogP contribution in [0.15, 0.2) is 36.9 Å². The van der Waals surface area contributed by atoms with E-state index in [4.69, 9.17) is 0 Å². The molecule has 78 valence electrons. The van der Waals surface area contributed by atoms with Crippen molar-refractivity contribution in [2.24, 2.45) is 0 Å². The van der Waals surface area contributed by atoms with Crippen LogP contribution in [0.3, 0.4) is 0 Å². The van der Waals surface area contributed by atoms with Crippen molar-refractivity contribution in [1.82, 2.24) is 0 Å². The average molecular weight is 198 g/mol. The Morgan fingerprint density at radius 2 is 1.93 bits per heavy atom. The van der Waals surface area contributed by atoms with Crippen LogP contribution in [-0.4, -0.2) is 0 Å². The summed E-state index contributed by atoms with van der Waals surface area (Å²) in [5, 5.41) is 0. The van der Waals surface area contributed by atoms with E-state index in [9.17, 15) is 0 Å². The van der Waals surface area contributed by atoms with E-state index >= 15 is 0 Å². The van der Waals surface area contributed by atoms with E-state index in [-0.39, 0.29) is 0 Å². The fraction of sp³-hybridized carbons (Fsp3) is 0.333. The molecule has 0 aliphatic carbocycles. The van der Waals surface area contributed by atoms with E-state index < -0.39 is 0 Å². The number of hydrogen-bond acceptors (Lipinski definition) is 0. The molecule has 0 bridgehead atoms. The van der Waals surface area contributed by atoms with Crippen molar-refractivity contribution in [1.29, 1.82) is 0 Å². The summed E-state index contributed by atoms with van der Waals surface area (Å²) < 4.78 is 0. The number of allylic oxidation sites excluding steroid dienone is 1. The van der Waals surface area contributed by atoms with Crippen molar-refractivity contribution in [3.63, 3.8) is 0 Å². The number of hydrogen-bond donors (Lipinski definition) is 0. The third-order valence-corrected chi connectivity index (χ3v) is 2.27. The van der Waals surface area contributed by atoms with Gasteiger partial charge in [-0.25, -0.2) is 0 Å². The van der Waals surface area contributed by atoms with Crippen LogP contribution in [-0.2, 0) is 0 Å².